The zero-order valence-corrected chi connectivity index (χ0v) is 13.3. The predicted octanol–water partition coefficient (Wildman–Crippen LogP) is 2.04. The Kier molecular flexibility index (Phi) is 4.88. The van der Waals surface area contributed by atoms with Crippen molar-refractivity contribution in [3.05, 3.63) is 53.5 Å². The van der Waals surface area contributed by atoms with Gasteiger partial charge in [0.25, 0.3) is 0 Å². The Morgan fingerprint density at radius 1 is 1.22 bits per heavy atom. The molecule has 1 aromatic carbocycles. The molecule has 0 saturated heterocycles. The lowest BCUT2D eigenvalue weighted by Gasteiger charge is -2.31. The lowest BCUT2D eigenvalue weighted by Crippen LogP contribution is -2.29. The summed E-state index contributed by atoms with van der Waals surface area (Å²) in [5.74, 6) is 1.76. The van der Waals surface area contributed by atoms with Crippen LogP contribution in [0, 0.1) is 6.92 Å². The molecule has 0 amide bonds. The monoisotopic (exact) mass is 313 g/mol. The highest BCUT2D eigenvalue weighted by Crippen LogP contribution is 2.36. The minimum absolute atomic E-state index is 0.0371. The zero-order chi connectivity index (χ0) is 16.2. The number of aliphatic hydroxyl groups is 2. The first-order chi connectivity index (χ1) is 11.1. The summed E-state index contributed by atoms with van der Waals surface area (Å²) in [6.45, 7) is 1.91. The summed E-state index contributed by atoms with van der Waals surface area (Å²) in [6.07, 6.45) is 2.07. The lowest BCUT2D eigenvalue weighted by molar-refractivity contribution is 0.0731. The van der Waals surface area contributed by atoms with Crippen LogP contribution in [-0.2, 0) is 6.42 Å². The van der Waals surface area contributed by atoms with E-state index in [4.69, 9.17) is 0 Å². The van der Waals surface area contributed by atoms with E-state index in [-0.39, 0.29) is 18.8 Å². The van der Waals surface area contributed by atoms with Crippen LogP contribution in [0.3, 0.4) is 0 Å². The van der Waals surface area contributed by atoms with Gasteiger partial charge in [0, 0.05) is 17.7 Å². The lowest BCUT2D eigenvalue weighted by atomic mass is 9.80. The number of aromatic nitrogens is 2. The van der Waals surface area contributed by atoms with Crippen LogP contribution in [0.15, 0.2) is 36.4 Å². The van der Waals surface area contributed by atoms with Gasteiger partial charge in [0.05, 0.1) is 18.8 Å². The number of aryl methyl sites for hydroxylation is 1. The van der Waals surface area contributed by atoms with Gasteiger partial charge in [-0.2, -0.15) is 0 Å². The van der Waals surface area contributed by atoms with E-state index in [0.717, 1.165) is 30.8 Å². The Morgan fingerprint density at radius 2 is 1.96 bits per heavy atom. The molecule has 3 rings (SSSR count). The van der Waals surface area contributed by atoms with E-state index >= 15 is 0 Å². The minimum Gasteiger partial charge on any atom is -0.394 e. The van der Waals surface area contributed by atoms with Crippen LogP contribution in [0.25, 0.3) is 0 Å². The molecule has 2 aromatic rings. The van der Waals surface area contributed by atoms with Crippen molar-refractivity contribution in [1.29, 1.82) is 0 Å². The van der Waals surface area contributed by atoms with Crippen molar-refractivity contribution in [3.8, 4) is 0 Å². The second-order valence-electron chi connectivity index (χ2n) is 6.26. The zero-order valence-electron chi connectivity index (χ0n) is 13.3. The summed E-state index contributed by atoms with van der Waals surface area (Å²) >= 11 is 0. The fourth-order valence-corrected chi connectivity index (χ4v) is 2.97. The maximum absolute atomic E-state index is 9.65. The first-order valence-corrected chi connectivity index (χ1v) is 8.09. The van der Waals surface area contributed by atoms with Gasteiger partial charge in [-0.1, -0.05) is 30.3 Å². The van der Waals surface area contributed by atoms with Gasteiger partial charge in [-0.05, 0) is 31.7 Å². The van der Waals surface area contributed by atoms with Crippen LogP contribution >= 0.6 is 0 Å². The van der Waals surface area contributed by atoms with Crippen LogP contribution in [0.4, 0.5) is 5.82 Å². The molecule has 1 aliphatic carbocycles. The largest absolute Gasteiger partial charge is 0.394 e. The molecule has 1 aromatic heterocycles. The van der Waals surface area contributed by atoms with Gasteiger partial charge in [-0.15, -0.1) is 0 Å². The van der Waals surface area contributed by atoms with Gasteiger partial charge in [0.15, 0.2) is 0 Å². The van der Waals surface area contributed by atoms with E-state index in [1.807, 2.05) is 31.2 Å². The summed E-state index contributed by atoms with van der Waals surface area (Å²) in [5.41, 5.74) is 2.15. The van der Waals surface area contributed by atoms with Crippen molar-refractivity contribution >= 4 is 5.82 Å². The standard InChI is InChI=1S/C18H23N3O2/c1-12-19-17(14-8-16(23)9-14)10-18(20-12)21-15(11-22)7-13-5-3-2-4-6-13/h2-6,10,14-16,22-23H,7-9,11H2,1H3,(H,19,20,21)/t14?,15-,16?/m0/s1. The molecular formula is C18H23N3O2. The number of hydrogen-bond acceptors (Lipinski definition) is 5. The second kappa shape index (κ2) is 7.06. The second-order valence-corrected chi connectivity index (χ2v) is 6.26. The van der Waals surface area contributed by atoms with E-state index in [2.05, 4.69) is 27.4 Å². The van der Waals surface area contributed by atoms with Crippen molar-refractivity contribution in [1.82, 2.24) is 9.97 Å². The summed E-state index contributed by atoms with van der Waals surface area (Å²) < 4.78 is 0. The van der Waals surface area contributed by atoms with Crippen LogP contribution in [0.5, 0.6) is 0 Å². The third-order valence-electron chi connectivity index (χ3n) is 4.29. The molecule has 5 heteroatoms. The van der Waals surface area contributed by atoms with Gasteiger partial charge in [0.2, 0.25) is 0 Å². The number of hydrogen-bond donors (Lipinski definition) is 3. The van der Waals surface area contributed by atoms with Crippen molar-refractivity contribution in [2.24, 2.45) is 0 Å². The molecule has 0 spiro atoms. The highest BCUT2D eigenvalue weighted by molar-refractivity contribution is 5.39. The van der Waals surface area contributed by atoms with Crippen molar-refractivity contribution in [2.45, 2.75) is 44.2 Å². The third kappa shape index (κ3) is 4.06. The fraction of sp³-hybridized carbons (Fsp3) is 0.444. The van der Waals surface area contributed by atoms with E-state index in [1.54, 1.807) is 0 Å². The molecule has 5 nitrogen and oxygen atoms in total. The highest BCUT2D eigenvalue weighted by Gasteiger charge is 2.30. The smallest absolute Gasteiger partial charge is 0.130 e. The van der Waals surface area contributed by atoms with Crippen molar-refractivity contribution in [2.75, 3.05) is 11.9 Å². The summed E-state index contributed by atoms with van der Waals surface area (Å²) in [6, 6.07) is 11.9. The number of aliphatic hydroxyl groups excluding tert-OH is 2. The average molecular weight is 313 g/mol. The number of nitrogens with one attached hydrogen (secondary N) is 1. The maximum Gasteiger partial charge on any atom is 0.130 e. The van der Waals surface area contributed by atoms with Gasteiger partial charge in [-0.3, -0.25) is 0 Å². The van der Waals surface area contributed by atoms with Crippen molar-refractivity contribution < 1.29 is 10.2 Å². The van der Waals surface area contributed by atoms with Crippen LogP contribution < -0.4 is 5.32 Å². The molecule has 1 aliphatic rings. The quantitative estimate of drug-likeness (QED) is 0.760. The van der Waals surface area contributed by atoms with Crippen molar-refractivity contribution in [3.63, 3.8) is 0 Å². The van der Waals surface area contributed by atoms with Crippen LogP contribution in [-0.4, -0.2) is 38.9 Å². The normalized spacial score (nSPS) is 21.5. The number of rotatable bonds is 6. The third-order valence-corrected chi connectivity index (χ3v) is 4.29. The number of nitrogens with zero attached hydrogens (tertiary/aromatic N) is 2. The first kappa shape index (κ1) is 15.9. The molecule has 1 saturated carbocycles. The van der Waals surface area contributed by atoms with Gasteiger partial charge < -0.3 is 15.5 Å². The van der Waals surface area contributed by atoms with E-state index in [0.29, 0.717) is 11.7 Å². The molecule has 0 unspecified atom stereocenters. The minimum atomic E-state index is -0.199. The van der Waals surface area contributed by atoms with Gasteiger partial charge in [-0.25, -0.2) is 9.97 Å². The summed E-state index contributed by atoms with van der Waals surface area (Å²) in [5, 5.41) is 22.4. The first-order valence-electron chi connectivity index (χ1n) is 8.09. The van der Waals surface area contributed by atoms with Crippen LogP contribution in [0.2, 0.25) is 0 Å². The van der Waals surface area contributed by atoms with E-state index < -0.39 is 0 Å². The molecule has 0 radical (unpaired) electrons. The van der Waals surface area contributed by atoms with Gasteiger partial charge >= 0.3 is 0 Å². The summed E-state index contributed by atoms with van der Waals surface area (Å²) in [4.78, 5) is 8.91. The average Bonchev–Trinajstić information content (AvgIpc) is 2.51. The molecule has 0 aliphatic heterocycles. The topological polar surface area (TPSA) is 78.3 Å². The molecule has 23 heavy (non-hydrogen) atoms. The molecule has 0 bridgehead atoms. The predicted molar refractivity (Wildman–Crippen MR) is 89.4 cm³/mol. The van der Waals surface area contributed by atoms with Crippen LogP contribution in [0.1, 0.15) is 35.8 Å². The molecule has 1 heterocycles. The number of anilines is 1. The van der Waals surface area contributed by atoms with E-state index in [1.165, 1.54) is 5.56 Å². The molecule has 1 fully saturated rings. The summed E-state index contributed by atoms with van der Waals surface area (Å²) in [7, 11) is 0. The van der Waals surface area contributed by atoms with Gasteiger partial charge in [0.1, 0.15) is 11.6 Å². The molecule has 3 N–H and O–H groups in total. The SMILES string of the molecule is Cc1nc(N[C@H](CO)Cc2ccccc2)cc(C2CC(O)C2)n1. The maximum atomic E-state index is 9.65. The highest BCUT2D eigenvalue weighted by atomic mass is 16.3. The Bertz CT molecular complexity index is 642. The Balaban J connectivity index is 1.70. The van der Waals surface area contributed by atoms with E-state index in [9.17, 15) is 10.2 Å². The Labute approximate surface area is 136 Å². The Morgan fingerprint density at radius 3 is 2.61 bits per heavy atom. The Hall–Kier alpha value is -1.98. The fourth-order valence-electron chi connectivity index (χ4n) is 2.97. The molecule has 122 valence electrons. The number of benzene rings is 1. The molecular weight excluding hydrogens is 290 g/mol. The molecule has 1 atom stereocenters.